The molecule has 7 rings (SSSR count). The van der Waals surface area contributed by atoms with Crippen LogP contribution in [-0.4, -0.2) is 33.1 Å². The van der Waals surface area contributed by atoms with Crippen LogP contribution in [0.15, 0.2) is 47.3 Å². The van der Waals surface area contributed by atoms with Gasteiger partial charge in [-0.15, -0.1) is 0 Å². The number of pyridine rings is 2. The minimum absolute atomic E-state index is 0.172. The van der Waals surface area contributed by atoms with Crippen LogP contribution in [-0.2, 0) is 45.9 Å². The smallest absolute Gasteiger partial charge is 0.342 e. The molecule has 4 aromatic rings. The first-order chi connectivity index (χ1) is 20.6. The number of halogens is 1. The Morgan fingerprint density at radius 3 is 2.74 bits per heavy atom. The fraction of sp³-hybridized carbons (Fsp3) is 0.333. The zero-order chi connectivity index (χ0) is 30.2. The second-order valence-corrected chi connectivity index (χ2v) is 11.9. The fourth-order valence-corrected chi connectivity index (χ4v) is 6.92. The number of hydrogen-bond donors (Lipinski definition) is 3. The molecule has 0 radical (unpaired) electrons. The van der Waals surface area contributed by atoms with Crippen LogP contribution in [0.4, 0.5) is 4.39 Å². The highest BCUT2D eigenvalue weighted by atomic mass is 19.1. The number of nitrogens with zero attached hydrogens (tertiary/aromatic N) is 2. The van der Waals surface area contributed by atoms with Crippen molar-refractivity contribution in [1.82, 2.24) is 14.9 Å². The fourth-order valence-electron chi connectivity index (χ4n) is 6.92. The summed E-state index contributed by atoms with van der Waals surface area (Å²) in [7, 11) is 0. The maximum Gasteiger partial charge on any atom is 0.342 e. The molecule has 1 amide bonds. The average Bonchev–Trinajstić information content (AvgIpc) is 3.36. The Kier molecular flexibility index (Phi) is 6.26. The summed E-state index contributed by atoms with van der Waals surface area (Å²) in [5.41, 5.74) is 9.34. The first-order valence-electron chi connectivity index (χ1n) is 14.5. The molecule has 9 nitrogen and oxygen atoms in total. The number of fused-ring (bicyclic) bond motifs is 5. The van der Waals surface area contributed by atoms with Crippen LogP contribution in [0, 0.1) is 18.7 Å². The van der Waals surface area contributed by atoms with Crippen LogP contribution in [0.5, 0.6) is 0 Å². The lowest BCUT2D eigenvalue weighted by atomic mass is 9.81. The Morgan fingerprint density at radius 1 is 1.23 bits per heavy atom. The highest BCUT2D eigenvalue weighted by molar-refractivity contribution is 5.94. The van der Waals surface area contributed by atoms with Crippen LogP contribution >= 0.6 is 0 Å². The van der Waals surface area contributed by atoms with E-state index in [1.807, 2.05) is 30.3 Å². The number of nitrogens with two attached hydrogens (primary N) is 1. The third-order valence-corrected chi connectivity index (χ3v) is 9.30. The molecular weight excluding hydrogens is 551 g/mol. The van der Waals surface area contributed by atoms with Crippen molar-refractivity contribution < 1.29 is 23.8 Å². The molecule has 4 N–H and O–H groups in total. The lowest BCUT2D eigenvalue weighted by molar-refractivity contribution is -0.169. The van der Waals surface area contributed by atoms with Crippen LogP contribution < -0.4 is 16.6 Å². The summed E-state index contributed by atoms with van der Waals surface area (Å²) in [6, 6.07) is 12.3. The van der Waals surface area contributed by atoms with E-state index < -0.39 is 23.5 Å². The summed E-state index contributed by atoms with van der Waals surface area (Å²) in [5.74, 6) is -1.83. The third-order valence-electron chi connectivity index (χ3n) is 9.30. The number of carbonyl (C=O) groups excluding carboxylic acids is 2. The van der Waals surface area contributed by atoms with Crippen LogP contribution in [0.1, 0.15) is 58.3 Å². The molecule has 43 heavy (non-hydrogen) atoms. The Labute approximate surface area is 246 Å². The van der Waals surface area contributed by atoms with Gasteiger partial charge in [0.2, 0.25) is 5.91 Å². The highest BCUT2D eigenvalue weighted by Gasteiger charge is 2.44. The summed E-state index contributed by atoms with van der Waals surface area (Å²) in [6.45, 7) is 3.16. The Hall–Kier alpha value is -4.41. The Bertz CT molecular complexity index is 1920. The summed E-state index contributed by atoms with van der Waals surface area (Å²) in [5, 5.41) is 15.0. The molecule has 2 aromatic heterocycles. The molecule has 0 spiro atoms. The number of rotatable bonds is 5. The number of hydrogen-bond acceptors (Lipinski definition) is 7. The molecule has 1 aliphatic carbocycles. The molecule has 2 aromatic carbocycles. The minimum Gasteiger partial charge on any atom is -0.458 e. The van der Waals surface area contributed by atoms with Crippen molar-refractivity contribution in [3.63, 3.8) is 0 Å². The number of amides is 1. The molecule has 0 unspecified atom stereocenters. The zero-order valence-corrected chi connectivity index (χ0v) is 23.9. The van der Waals surface area contributed by atoms with E-state index in [1.54, 1.807) is 17.6 Å². The standard InChI is InChI=1S/C33H31FN4O5/c1-16-19-8-9-24(37-30(39)18(13-35)10-17-6-4-3-5-7-17)28-20-14-38-26(29(20)36-25(27(19)28)12-23(16)34)11-22-21(31(38)40)15-43-32(41)33(22,2)42/h3-7,11-12,18,24,42H,8-10,13-15,35H2,1-2H3,(H,37,39)/t18-,24+,33+/m1/s1. The Morgan fingerprint density at radius 2 is 2.00 bits per heavy atom. The predicted molar refractivity (Wildman–Crippen MR) is 156 cm³/mol. The van der Waals surface area contributed by atoms with Crippen molar-refractivity contribution in [2.75, 3.05) is 6.54 Å². The van der Waals surface area contributed by atoms with Crippen molar-refractivity contribution >= 4 is 22.8 Å². The molecule has 0 fully saturated rings. The van der Waals surface area contributed by atoms with Crippen LogP contribution in [0.25, 0.3) is 22.3 Å². The molecule has 10 heteroatoms. The lowest BCUT2D eigenvalue weighted by Gasteiger charge is -2.31. The molecule has 220 valence electrons. The SMILES string of the molecule is Cc1c(F)cc2nc3c(c4c2c1CC[C@@H]4NC(=O)[C@@H](CN)Cc1ccccc1)Cn1c-3cc2c(c1=O)COC(=O)[C@@]2(C)O. The average molecular weight is 583 g/mol. The van der Waals surface area contributed by atoms with E-state index in [-0.39, 0.29) is 48.1 Å². The van der Waals surface area contributed by atoms with E-state index in [2.05, 4.69) is 5.32 Å². The summed E-state index contributed by atoms with van der Waals surface area (Å²) >= 11 is 0. The van der Waals surface area contributed by atoms with E-state index in [4.69, 9.17) is 15.5 Å². The number of benzene rings is 2. The van der Waals surface area contributed by atoms with Crippen molar-refractivity contribution in [3.05, 3.63) is 97.6 Å². The summed E-state index contributed by atoms with van der Waals surface area (Å²) in [4.78, 5) is 44.6. The van der Waals surface area contributed by atoms with Gasteiger partial charge in [0.15, 0.2) is 5.60 Å². The number of esters is 1. The van der Waals surface area contributed by atoms with E-state index in [1.165, 1.54) is 13.0 Å². The second kappa shape index (κ2) is 9.82. The maximum atomic E-state index is 15.1. The predicted octanol–water partition coefficient (Wildman–Crippen LogP) is 3.06. The van der Waals surface area contributed by atoms with Crippen LogP contribution in [0.2, 0.25) is 0 Å². The number of aromatic nitrogens is 2. The van der Waals surface area contributed by atoms with Gasteiger partial charge in [0.05, 0.1) is 41.0 Å². The summed E-state index contributed by atoms with van der Waals surface area (Å²) in [6.07, 6.45) is 1.58. The number of carbonyl (C=O) groups is 2. The number of ether oxygens (including phenoxy) is 1. The van der Waals surface area contributed by atoms with Gasteiger partial charge in [0.25, 0.3) is 5.56 Å². The van der Waals surface area contributed by atoms with Gasteiger partial charge < -0.3 is 25.5 Å². The van der Waals surface area contributed by atoms with Gasteiger partial charge >= 0.3 is 5.97 Å². The van der Waals surface area contributed by atoms with E-state index >= 15 is 4.39 Å². The van der Waals surface area contributed by atoms with E-state index in [9.17, 15) is 19.5 Å². The maximum absolute atomic E-state index is 15.1. The van der Waals surface area contributed by atoms with Gasteiger partial charge in [-0.25, -0.2) is 14.2 Å². The largest absolute Gasteiger partial charge is 0.458 e. The van der Waals surface area contributed by atoms with E-state index in [0.717, 1.165) is 27.6 Å². The number of aryl methyl sites for hydroxylation is 1. The van der Waals surface area contributed by atoms with Crippen LogP contribution in [0.3, 0.4) is 0 Å². The van der Waals surface area contributed by atoms with Crippen molar-refractivity contribution in [3.8, 4) is 11.4 Å². The molecule has 0 saturated carbocycles. The quantitative estimate of drug-likeness (QED) is 0.271. The van der Waals surface area contributed by atoms with Crippen molar-refractivity contribution in [1.29, 1.82) is 0 Å². The van der Waals surface area contributed by atoms with Gasteiger partial charge in [0.1, 0.15) is 12.4 Å². The lowest BCUT2D eigenvalue weighted by Crippen LogP contribution is -2.42. The van der Waals surface area contributed by atoms with Crippen molar-refractivity contribution in [2.45, 2.75) is 57.9 Å². The topological polar surface area (TPSA) is 137 Å². The number of nitrogens with one attached hydrogen (secondary N) is 1. The Balaban J connectivity index is 1.37. The number of cyclic esters (lactones) is 1. The van der Waals surface area contributed by atoms with Gasteiger partial charge in [0, 0.05) is 29.1 Å². The third kappa shape index (κ3) is 4.11. The first-order valence-corrected chi connectivity index (χ1v) is 14.5. The molecule has 4 heterocycles. The van der Waals surface area contributed by atoms with Gasteiger partial charge in [-0.05, 0) is 61.4 Å². The van der Waals surface area contributed by atoms with Gasteiger partial charge in [-0.2, -0.15) is 0 Å². The highest BCUT2D eigenvalue weighted by Crippen LogP contribution is 2.45. The normalized spacial score (nSPS) is 20.7. The minimum atomic E-state index is -2.00. The molecule has 2 aliphatic heterocycles. The molecule has 3 aliphatic rings. The zero-order valence-electron chi connectivity index (χ0n) is 23.9. The first kappa shape index (κ1) is 27.4. The van der Waals surface area contributed by atoms with Gasteiger partial charge in [-0.3, -0.25) is 9.59 Å². The second-order valence-electron chi connectivity index (χ2n) is 11.9. The molecule has 3 atom stereocenters. The number of aliphatic hydroxyl groups is 1. The molecule has 0 bridgehead atoms. The van der Waals surface area contributed by atoms with Gasteiger partial charge in [-0.1, -0.05) is 30.3 Å². The molecule has 0 saturated heterocycles. The molecular formula is C33H31FN4O5. The van der Waals surface area contributed by atoms with Crippen molar-refractivity contribution in [2.24, 2.45) is 11.7 Å². The summed E-state index contributed by atoms with van der Waals surface area (Å²) < 4.78 is 21.8. The monoisotopic (exact) mass is 582 g/mol. The van der Waals surface area contributed by atoms with E-state index in [0.29, 0.717) is 41.7 Å².